The Labute approximate surface area is 209 Å². The summed E-state index contributed by atoms with van der Waals surface area (Å²) in [5.41, 5.74) is 1.69. The van der Waals surface area contributed by atoms with Crippen molar-refractivity contribution in [2.75, 3.05) is 25.6 Å². The van der Waals surface area contributed by atoms with Gasteiger partial charge in [0.05, 0.1) is 19.3 Å². The van der Waals surface area contributed by atoms with Gasteiger partial charge in [0.15, 0.2) is 0 Å². The van der Waals surface area contributed by atoms with Crippen LogP contribution in [0.15, 0.2) is 42.5 Å². The van der Waals surface area contributed by atoms with E-state index in [1.165, 1.54) is 25.7 Å². The number of likely N-dealkylation sites (tertiary alicyclic amines) is 1. The van der Waals surface area contributed by atoms with Crippen LogP contribution in [0.1, 0.15) is 85.4 Å². The number of nitrogens with one attached hydrogen (secondary N) is 1. The summed E-state index contributed by atoms with van der Waals surface area (Å²) >= 11 is 0. The summed E-state index contributed by atoms with van der Waals surface area (Å²) in [7, 11) is 1.57. The van der Waals surface area contributed by atoms with Gasteiger partial charge in [0, 0.05) is 29.9 Å². The summed E-state index contributed by atoms with van der Waals surface area (Å²) in [6.07, 6.45) is 10.4. The third-order valence-electron chi connectivity index (χ3n) is 7.33. The van der Waals surface area contributed by atoms with Crippen molar-refractivity contribution in [2.45, 2.75) is 70.8 Å². The van der Waals surface area contributed by atoms with Gasteiger partial charge in [0.25, 0.3) is 11.8 Å². The van der Waals surface area contributed by atoms with E-state index in [2.05, 4.69) is 17.1 Å². The van der Waals surface area contributed by atoms with Gasteiger partial charge in [0.1, 0.15) is 11.5 Å². The second kappa shape index (κ2) is 12.1. The molecule has 1 aliphatic heterocycles. The van der Waals surface area contributed by atoms with E-state index in [0.717, 1.165) is 44.4 Å². The molecule has 2 aromatic carbocycles. The second-order valence-electron chi connectivity index (χ2n) is 9.70. The first-order valence-corrected chi connectivity index (χ1v) is 13.1. The van der Waals surface area contributed by atoms with E-state index in [-0.39, 0.29) is 11.8 Å². The zero-order chi connectivity index (χ0) is 24.6. The first-order chi connectivity index (χ1) is 17.1. The van der Waals surface area contributed by atoms with Gasteiger partial charge >= 0.3 is 0 Å². The Balaban J connectivity index is 1.40. The normalized spacial score (nSPS) is 19.5. The number of rotatable bonds is 9. The number of hydrogen-bond donors (Lipinski definition) is 1. The Hall–Kier alpha value is -3.02. The van der Waals surface area contributed by atoms with Gasteiger partial charge in [-0.05, 0) is 74.4 Å². The van der Waals surface area contributed by atoms with Crippen molar-refractivity contribution in [1.82, 2.24) is 4.90 Å². The van der Waals surface area contributed by atoms with Gasteiger partial charge in [0.2, 0.25) is 0 Å². The molecule has 6 heteroatoms. The molecule has 2 aromatic rings. The van der Waals surface area contributed by atoms with Gasteiger partial charge in [-0.3, -0.25) is 9.59 Å². The predicted molar refractivity (Wildman–Crippen MR) is 138 cm³/mol. The fourth-order valence-corrected chi connectivity index (χ4v) is 5.43. The van der Waals surface area contributed by atoms with Crippen molar-refractivity contribution in [3.8, 4) is 11.5 Å². The molecule has 1 N–H and O–H groups in total. The fourth-order valence-electron chi connectivity index (χ4n) is 5.43. The number of benzene rings is 2. The maximum Gasteiger partial charge on any atom is 0.257 e. The lowest BCUT2D eigenvalue weighted by molar-refractivity contribution is 0.0388. The molecule has 0 bridgehead atoms. The SMILES string of the molecule is CCCCCOc1ccc(C(=O)Nc2ccc(C(=O)N3CCCC4CCCCC43)c(OC)c2)cc1. The average molecular weight is 479 g/mol. The van der Waals surface area contributed by atoms with Gasteiger partial charge in [-0.25, -0.2) is 0 Å². The van der Waals surface area contributed by atoms with Crippen LogP contribution in [0.5, 0.6) is 11.5 Å². The van der Waals surface area contributed by atoms with Crippen LogP contribution < -0.4 is 14.8 Å². The number of methoxy groups -OCH3 is 1. The lowest BCUT2D eigenvalue weighted by Gasteiger charge is -2.44. The molecular weight excluding hydrogens is 440 g/mol. The molecule has 0 aromatic heterocycles. The number of fused-ring (bicyclic) bond motifs is 1. The Morgan fingerprint density at radius 2 is 1.77 bits per heavy atom. The average Bonchev–Trinajstić information content (AvgIpc) is 2.90. The molecule has 2 fully saturated rings. The molecule has 2 aliphatic rings. The molecule has 2 amide bonds. The lowest BCUT2D eigenvalue weighted by Crippen LogP contribution is -2.49. The van der Waals surface area contributed by atoms with Crippen molar-refractivity contribution in [2.24, 2.45) is 5.92 Å². The van der Waals surface area contributed by atoms with E-state index in [0.29, 0.717) is 41.1 Å². The van der Waals surface area contributed by atoms with Crippen molar-refractivity contribution in [3.05, 3.63) is 53.6 Å². The smallest absolute Gasteiger partial charge is 0.257 e. The van der Waals surface area contributed by atoms with E-state index in [1.54, 1.807) is 37.4 Å². The molecule has 35 heavy (non-hydrogen) atoms. The quantitative estimate of drug-likeness (QED) is 0.429. The largest absolute Gasteiger partial charge is 0.496 e. The van der Waals surface area contributed by atoms with E-state index >= 15 is 0 Å². The van der Waals surface area contributed by atoms with Gasteiger partial charge < -0.3 is 19.7 Å². The molecular formula is C29H38N2O4. The summed E-state index contributed by atoms with van der Waals surface area (Å²) < 4.78 is 11.3. The van der Waals surface area contributed by atoms with Gasteiger partial charge in [-0.15, -0.1) is 0 Å². The summed E-state index contributed by atoms with van der Waals surface area (Å²) in [5, 5.41) is 2.92. The summed E-state index contributed by atoms with van der Waals surface area (Å²) in [4.78, 5) is 28.3. The number of piperidine rings is 1. The highest BCUT2D eigenvalue weighted by Gasteiger charge is 2.36. The van der Waals surface area contributed by atoms with Gasteiger partial charge in [-0.2, -0.15) is 0 Å². The third-order valence-corrected chi connectivity index (χ3v) is 7.33. The van der Waals surface area contributed by atoms with Crippen LogP contribution >= 0.6 is 0 Å². The number of nitrogens with zero attached hydrogens (tertiary/aromatic N) is 1. The predicted octanol–water partition coefficient (Wildman–Crippen LogP) is 6.31. The van der Waals surface area contributed by atoms with Crippen LogP contribution in [0.25, 0.3) is 0 Å². The molecule has 0 spiro atoms. The molecule has 1 saturated carbocycles. The minimum Gasteiger partial charge on any atom is -0.496 e. The summed E-state index contributed by atoms with van der Waals surface area (Å²) in [6, 6.07) is 12.8. The van der Waals surface area contributed by atoms with Crippen molar-refractivity contribution in [3.63, 3.8) is 0 Å². The number of unbranched alkanes of at least 4 members (excludes halogenated alkanes) is 2. The molecule has 188 valence electrons. The lowest BCUT2D eigenvalue weighted by atomic mass is 9.78. The number of carbonyl (C=O) groups excluding carboxylic acids is 2. The maximum absolute atomic E-state index is 13.5. The zero-order valence-corrected chi connectivity index (χ0v) is 21.1. The van der Waals surface area contributed by atoms with Crippen LogP contribution in [0, 0.1) is 5.92 Å². The van der Waals surface area contributed by atoms with Crippen molar-refractivity contribution in [1.29, 1.82) is 0 Å². The Bertz CT molecular complexity index is 1000. The molecule has 1 saturated heterocycles. The monoisotopic (exact) mass is 478 g/mol. The van der Waals surface area contributed by atoms with E-state index in [1.807, 2.05) is 12.1 Å². The van der Waals surface area contributed by atoms with Crippen molar-refractivity contribution >= 4 is 17.5 Å². The molecule has 2 atom stereocenters. The van der Waals surface area contributed by atoms with Crippen LogP contribution in [-0.2, 0) is 0 Å². The van der Waals surface area contributed by atoms with Crippen LogP contribution in [0.2, 0.25) is 0 Å². The molecule has 0 radical (unpaired) electrons. The standard InChI is InChI=1S/C29H38N2O4/c1-3-4-7-19-35-24-15-12-22(13-16-24)28(32)30-23-14-17-25(27(20-23)34-2)29(33)31-18-8-10-21-9-5-6-11-26(21)31/h12-17,20-21,26H,3-11,18-19H2,1-2H3,(H,30,32). The topological polar surface area (TPSA) is 67.9 Å². The molecule has 2 unspecified atom stereocenters. The van der Waals surface area contributed by atoms with Crippen LogP contribution in [0.3, 0.4) is 0 Å². The number of carbonyl (C=O) groups is 2. The molecule has 1 heterocycles. The van der Waals surface area contributed by atoms with Crippen molar-refractivity contribution < 1.29 is 19.1 Å². The van der Waals surface area contributed by atoms with E-state index in [9.17, 15) is 9.59 Å². The minimum atomic E-state index is -0.218. The first-order valence-electron chi connectivity index (χ1n) is 13.1. The maximum atomic E-state index is 13.5. The third kappa shape index (κ3) is 6.16. The van der Waals surface area contributed by atoms with Crippen LogP contribution in [-0.4, -0.2) is 43.0 Å². The van der Waals surface area contributed by atoms with Crippen LogP contribution in [0.4, 0.5) is 5.69 Å². The summed E-state index contributed by atoms with van der Waals surface area (Å²) in [5.74, 6) is 1.69. The fraction of sp³-hybridized carbons (Fsp3) is 0.517. The highest BCUT2D eigenvalue weighted by atomic mass is 16.5. The molecule has 1 aliphatic carbocycles. The number of hydrogen-bond acceptors (Lipinski definition) is 4. The van der Waals surface area contributed by atoms with E-state index in [4.69, 9.17) is 9.47 Å². The molecule has 6 nitrogen and oxygen atoms in total. The highest BCUT2D eigenvalue weighted by molar-refractivity contribution is 6.05. The second-order valence-corrected chi connectivity index (χ2v) is 9.70. The zero-order valence-electron chi connectivity index (χ0n) is 21.1. The Morgan fingerprint density at radius 1 is 1.00 bits per heavy atom. The van der Waals surface area contributed by atoms with E-state index < -0.39 is 0 Å². The molecule has 4 rings (SSSR count). The first kappa shape index (κ1) is 25.1. The van der Waals surface area contributed by atoms with Gasteiger partial charge in [-0.1, -0.05) is 32.6 Å². The number of ether oxygens (including phenoxy) is 2. The Kier molecular flexibility index (Phi) is 8.67. The Morgan fingerprint density at radius 3 is 2.54 bits per heavy atom. The highest BCUT2D eigenvalue weighted by Crippen LogP contribution is 2.37. The minimum absolute atomic E-state index is 0.0332. The number of amides is 2. The number of anilines is 1. The summed E-state index contributed by atoms with van der Waals surface area (Å²) in [6.45, 7) is 3.65.